The van der Waals surface area contributed by atoms with E-state index in [1.165, 1.54) is 4.90 Å². The van der Waals surface area contributed by atoms with E-state index >= 15 is 0 Å². The van der Waals surface area contributed by atoms with Gasteiger partial charge in [-0.25, -0.2) is 4.79 Å². The number of nitrogens with one attached hydrogen (secondary N) is 2. The molecule has 8 heteroatoms. The lowest BCUT2D eigenvalue weighted by atomic mass is 9.94. The molecular formula is C28H32N4O4. The molecule has 2 aliphatic rings. The fraction of sp³-hybridized carbons (Fsp3) is 0.321. The average Bonchev–Trinajstić information content (AvgIpc) is 3.21. The van der Waals surface area contributed by atoms with Crippen LogP contribution in [0.2, 0.25) is 0 Å². The summed E-state index contributed by atoms with van der Waals surface area (Å²) in [7, 11) is 1.57. The topological polar surface area (TPSA) is 91.0 Å². The lowest BCUT2D eigenvalue weighted by Crippen LogP contribution is -2.50. The van der Waals surface area contributed by atoms with Crippen molar-refractivity contribution in [1.29, 1.82) is 0 Å². The first-order valence-electron chi connectivity index (χ1n) is 12.0. The summed E-state index contributed by atoms with van der Waals surface area (Å²) < 4.78 is 5.07. The van der Waals surface area contributed by atoms with Gasteiger partial charge in [-0.3, -0.25) is 14.5 Å². The largest absolute Gasteiger partial charge is 0.383 e. The molecule has 4 amide bonds. The molecule has 2 N–H and O–H groups in total. The number of benzene rings is 2. The summed E-state index contributed by atoms with van der Waals surface area (Å²) in [5.74, 6) is -0.515. The molecule has 0 unspecified atom stereocenters. The first-order chi connectivity index (χ1) is 17.4. The summed E-state index contributed by atoms with van der Waals surface area (Å²) in [6.45, 7) is 6.87. The molecule has 36 heavy (non-hydrogen) atoms. The second kappa shape index (κ2) is 11.2. The predicted octanol–water partition coefficient (Wildman–Crippen LogP) is 2.72. The van der Waals surface area contributed by atoms with E-state index < -0.39 is 12.1 Å². The Labute approximate surface area is 211 Å². The Morgan fingerprint density at radius 3 is 2.69 bits per heavy atom. The molecule has 2 aliphatic heterocycles. The zero-order chi connectivity index (χ0) is 25.7. The first-order valence-corrected chi connectivity index (χ1v) is 12.0. The minimum absolute atomic E-state index is 0.160. The number of hydrogen-bond acceptors (Lipinski definition) is 4. The fourth-order valence-electron chi connectivity index (χ4n) is 4.76. The van der Waals surface area contributed by atoms with Gasteiger partial charge in [-0.1, -0.05) is 66.2 Å². The van der Waals surface area contributed by atoms with E-state index in [0.29, 0.717) is 30.8 Å². The molecule has 0 radical (unpaired) electrons. The van der Waals surface area contributed by atoms with Gasteiger partial charge in [0, 0.05) is 26.6 Å². The van der Waals surface area contributed by atoms with Crippen LogP contribution in [0.5, 0.6) is 0 Å². The highest BCUT2D eigenvalue weighted by Crippen LogP contribution is 2.37. The van der Waals surface area contributed by atoms with Gasteiger partial charge in [0.1, 0.15) is 6.04 Å². The molecule has 0 aromatic heterocycles. The Morgan fingerprint density at radius 2 is 2.00 bits per heavy atom. The quantitative estimate of drug-likeness (QED) is 0.398. The number of urea groups is 1. The lowest BCUT2D eigenvalue weighted by Gasteiger charge is -2.33. The third-order valence-electron chi connectivity index (χ3n) is 6.49. The molecule has 188 valence electrons. The Balaban J connectivity index is 1.71. The molecule has 0 bridgehead atoms. The van der Waals surface area contributed by atoms with E-state index in [0.717, 1.165) is 16.7 Å². The number of ether oxygens (including phenoxy) is 1. The van der Waals surface area contributed by atoms with Crippen molar-refractivity contribution in [3.63, 3.8) is 0 Å². The van der Waals surface area contributed by atoms with Crippen LogP contribution < -0.4 is 10.6 Å². The van der Waals surface area contributed by atoms with Gasteiger partial charge in [0.25, 0.3) is 5.91 Å². The number of carbonyl (C=O) groups is 3. The van der Waals surface area contributed by atoms with Gasteiger partial charge in [-0.2, -0.15) is 0 Å². The monoisotopic (exact) mass is 488 g/mol. The van der Waals surface area contributed by atoms with E-state index in [9.17, 15) is 14.4 Å². The third kappa shape index (κ3) is 5.18. The molecule has 0 spiro atoms. The highest BCUT2D eigenvalue weighted by atomic mass is 16.5. The maximum atomic E-state index is 14.0. The van der Waals surface area contributed by atoms with Crippen molar-refractivity contribution in [2.45, 2.75) is 25.4 Å². The van der Waals surface area contributed by atoms with Gasteiger partial charge in [-0.05, 0) is 18.1 Å². The minimum Gasteiger partial charge on any atom is -0.383 e. The molecule has 2 aromatic carbocycles. The normalized spacial score (nSPS) is 18.1. The lowest BCUT2D eigenvalue weighted by molar-refractivity contribution is -0.136. The standard InChI is InChI=1S/C28H32N4O4/c1-4-14-31-23-18-32(22(26(33)29-13-15-36-3)17-20-10-6-5-7-11-20)27(34)24(23)25(30-28(31)35)21-12-8-9-19(2)16-21/h4-12,16,22,25H,1,13-15,17-18H2,2-3H3,(H,29,33)(H,30,35)/t22-,25+/m1/s1. The zero-order valence-electron chi connectivity index (χ0n) is 20.7. The molecule has 2 aromatic rings. The summed E-state index contributed by atoms with van der Waals surface area (Å²) in [4.78, 5) is 43.5. The van der Waals surface area contributed by atoms with Gasteiger partial charge >= 0.3 is 6.03 Å². The maximum absolute atomic E-state index is 14.0. The number of methoxy groups -OCH3 is 1. The zero-order valence-corrected chi connectivity index (χ0v) is 20.7. The summed E-state index contributed by atoms with van der Waals surface area (Å²) in [5.41, 5.74) is 3.89. The van der Waals surface area contributed by atoms with E-state index in [1.807, 2.05) is 61.5 Å². The van der Waals surface area contributed by atoms with Crippen molar-refractivity contribution >= 4 is 17.8 Å². The van der Waals surface area contributed by atoms with Crippen molar-refractivity contribution < 1.29 is 19.1 Å². The van der Waals surface area contributed by atoms with Crippen molar-refractivity contribution in [2.75, 3.05) is 33.4 Å². The summed E-state index contributed by atoms with van der Waals surface area (Å²) in [6.07, 6.45) is 1.98. The molecule has 0 saturated heterocycles. The molecule has 0 fully saturated rings. The van der Waals surface area contributed by atoms with Crippen LogP contribution in [0.15, 0.2) is 78.5 Å². The van der Waals surface area contributed by atoms with Crippen LogP contribution in [0.3, 0.4) is 0 Å². The van der Waals surface area contributed by atoms with E-state index in [4.69, 9.17) is 4.74 Å². The summed E-state index contributed by atoms with van der Waals surface area (Å²) in [5, 5.41) is 5.88. The summed E-state index contributed by atoms with van der Waals surface area (Å²) in [6, 6.07) is 15.7. The van der Waals surface area contributed by atoms with Crippen LogP contribution in [0, 0.1) is 6.92 Å². The average molecular weight is 489 g/mol. The van der Waals surface area contributed by atoms with Crippen LogP contribution in [0.1, 0.15) is 22.7 Å². The fourth-order valence-corrected chi connectivity index (χ4v) is 4.76. The smallest absolute Gasteiger partial charge is 0.322 e. The number of carbonyl (C=O) groups excluding carboxylic acids is 3. The Hall–Kier alpha value is -3.91. The first kappa shape index (κ1) is 25.2. The third-order valence-corrected chi connectivity index (χ3v) is 6.49. The molecule has 8 nitrogen and oxygen atoms in total. The SMILES string of the molecule is C=CCN1C(=O)N[C@@H](c2cccc(C)c2)C2=C1CN([C@H](Cc1ccccc1)C(=O)NCCOC)C2=O. The van der Waals surface area contributed by atoms with Crippen molar-refractivity contribution in [3.8, 4) is 0 Å². The molecule has 0 saturated carbocycles. The van der Waals surface area contributed by atoms with Crippen LogP contribution in [0.4, 0.5) is 4.79 Å². The van der Waals surface area contributed by atoms with Crippen LogP contribution in [0.25, 0.3) is 0 Å². The van der Waals surface area contributed by atoms with Crippen LogP contribution in [-0.2, 0) is 20.7 Å². The number of rotatable bonds is 10. The summed E-state index contributed by atoms with van der Waals surface area (Å²) >= 11 is 0. The number of aryl methyl sites for hydroxylation is 1. The molecule has 2 heterocycles. The molecular weight excluding hydrogens is 456 g/mol. The predicted molar refractivity (Wildman–Crippen MR) is 137 cm³/mol. The highest BCUT2D eigenvalue weighted by Gasteiger charge is 2.46. The van der Waals surface area contributed by atoms with E-state index in [-0.39, 0.29) is 30.9 Å². The second-order valence-corrected chi connectivity index (χ2v) is 8.98. The molecule has 4 rings (SSSR count). The molecule has 2 atom stereocenters. The van der Waals surface area contributed by atoms with Gasteiger partial charge in [0.05, 0.1) is 30.5 Å². The Morgan fingerprint density at radius 1 is 1.22 bits per heavy atom. The van der Waals surface area contributed by atoms with Crippen LogP contribution >= 0.6 is 0 Å². The van der Waals surface area contributed by atoms with Gasteiger partial charge in [0.2, 0.25) is 5.91 Å². The number of nitrogens with zero attached hydrogens (tertiary/aromatic N) is 2. The van der Waals surface area contributed by atoms with E-state index in [1.54, 1.807) is 18.1 Å². The van der Waals surface area contributed by atoms with Crippen molar-refractivity contribution in [2.24, 2.45) is 0 Å². The maximum Gasteiger partial charge on any atom is 0.322 e. The van der Waals surface area contributed by atoms with Crippen molar-refractivity contribution in [1.82, 2.24) is 20.4 Å². The highest BCUT2D eigenvalue weighted by molar-refractivity contribution is 6.03. The second-order valence-electron chi connectivity index (χ2n) is 8.98. The van der Waals surface area contributed by atoms with Crippen molar-refractivity contribution in [3.05, 3.63) is 95.2 Å². The molecule has 0 aliphatic carbocycles. The van der Waals surface area contributed by atoms with Gasteiger partial charge in [-0.15, -0.1) is 6.58 Å². The number of hydrogen-bond donors (Lipinski definition) is 2. The van der Waals surface area contributed by atoms with Gasteiger partial charge < -0.3 is 20.3 Å². The minimum atomic E-state index is -0.749. The Bertz CT molecular complexity index is 1180. The van der Waals surface area contributed by atoms with Gasteiger partial charge in [0.15, 0.2) is 0 Å². The number of amides is 4. The van der Waals surface area contributed by atoms with E-state index in [2.05, 4.69) is 17.2 Å². The van der Waals surface area contributed by atoms with Crippen LogP contribution in [-0.4, -0.2) is 67.0 Å². The Kier molecular flexibility index (Phi) is 7.85.